The molecule has 0 bridgehead atoms. The first kappa shape index (κ1) is 13.0. The van der Waals surface area contributed by atoms with Gasteiger partial charge < -0.3 is 0 Å². The fourth-order valence-corrected chi connectivity index (χ4v) is 2.39. The van der Waals surface area contributed by atoms with E-state index < -0.39 is 0 Å². The molecule has 0 spiro atoms. The lowest BCUT2D eigenvalue weighted by molar-refractivity contribution is 0.0924. The standard InChI is InChI=1S/C14H18INO/c1-2-9-16(13-7-8-13)10-14(17)11-3-5-12(15)6-4-11/h3-6,13H,2,7-10H2,1H3. The van der Waals surface area contributed by atoms with E-state index in [-0.39, 0.29) is 5.78 Å². The maximum Gasteiger partial charge on any atom is 0.176 e. The molecule has 0 radical (unpaired) electrons. The number of rotatable bonds is 6. The molecule has 2 rings (SSSR count). The van der Waals surface area contributed by atoms with Crippen LogP contribution < -0.4 is 0 Å². The number of hydrogen-bond acceptors (Lipinski definition) is 2. The second kappa shape index (κ2) is 5.96. The van der Waals surface area contributed by atoms with Crippen LogP contribution in [-0.4, -0.2) is 29.8 Å². The van der Waals surface area contributed by atoms with Crippen molar-refractivity contribution in [3.8, 4) is 0 Å². The summed E-state index contributed by atoms with van der Waals surface area (Å²) in [5, 5.41) is 0. The van der Waals surface area contributed by atoms with Crippen molar-refractivity contribution in [2.75, 3.05) is 13.1 Å². The van der Waals surface area contributed by atoms with Crippen molar-refractivity contribution in [3.63, 3.8) is 0 Å². The van der Waals surface area contributed by atoms with E-state index in [1.807, 2.05) is 24.3 Å². The quantitative estimate of drug-likeness (QED) is 0.583. The van der Waals surface area contributed by atoms with Crippen LogP contribution in [0, 0.1) is 3.57 Å². The van der Waals surface area contributed by atoms with Gasteiger partial charge in [0.25, 0.3) is 0 Å². The molecule has 1 aliphatic carbocycles. The second-order valence-electron chi connectivity index (χ2n) is 4.63. The first-order valence-electron chi connectivity index (χ1n) is 6.23. The average Bonchev–Trinajstić information content (AvgIpc) is 3.13. The molecule has 2 nitrogen and oxygen atoms in total. The molecule has 1 aromatic carbocycles. The number of halogens is 1. The number of nitrogens with zero attached hydrogens (tertiary/aromatic N) is 1. The number of carbonyl (C=O) groups is 1. The third-order valence-corrected chi connectivity index (χ3v) is 3.81. The van der Waals surface area contributed by atoms with Gasteiger partial charge in [-0.25, -0.2) is 0 Å². The first-order chi connectivity index (χ1) is 8.20. The molecule has 0 heterocycles. The minimum atomic E-state index is 0.252. The van der Waals surface area contributed by atoms with E-state index in [4.69, 9.17) is 0 Å². The Bertz CT molecular complexity index is 384. The van der Waals surface area contributed by atoms with Gasteiger partial charge in [0.15, 0.2) is 5.78 Å². The fourth-order valence-electron chi connectivity index (χ4n) is 2.03. The molecule has 1 fully saturated rings. The third kappa shape index (κ3) is 3.78. The number of carbonyl (C=O) groups excluding carboxylic acids is 1. The minimum absolute atomic E-state index is 0.252. The highest BCUT2D eigenvalue weighted by Gasteiger charge is 2.29. The molecular formula is C14H18INO. The zero-order valence-corrected chi connectivity index (χ0v) is 12.3. The number of benzene rings is 1. The van der Waals surface area contributed by atoms with E-state index in [0.717, 1.165) is 18.5 Å². The summed E-state index contributed by atoms with van der Waals surface area (Å²) < 4.78 is 1.17. The largest absolute Gasteiger partial charge is 0.293 e. The molecule has 0 N–H and O–H groups in total. The molecule has 0 amide bonds. The van der Waals surface area contributed by atoms with Crippen molar-refractivity contribution in [3.05, 3.63) is 33.4 Å². The van der Waals surface area contributed by atoms with Gasteiger partial charge in [-0.2, -0.15) is 0 Å². The fraction of sp³-hybridized carbons (Fsp3) is 0.500. The Hall–Kier alpha value is -0.420. The van der Waals surface area contributed by atoms with Crippen LogP contribution in [0.2, 0.25) is 0 Å². The van der Waals surface area contributed by atoms with Gasteiger partial charge >= 0.3 is 0 Å². The SMILES string of the molecule is CCCN(CC(=O)c1ccc(I)cc1)C1CC1. The molecular weight excluding hydrogens is 325 g/mol. The predicted molar refractivity (Wildman–Crippen MR) is 78.4 cm³/mol. The lowest BCUT2D eigenvalue weighted by Gasteiger charge is -2.20. The van der Waals surface area contributed by atoms with E-state index in [1.165, 1.54) is 16.4 Å². The molecule has 0 saturated heterocycles. The van der Waals surface area contributed by atoms with E-state index in [1.54, 1.807) is 0 Å². The van der Waals surface area contributed by atoms with Crippen molar-refractivity contribution in [2.45, 2.75) is 32.2 Å². The molecule has 3 heteroatoms. The smallest absolute Gasteiger partial charge is 0.176 e. The molecule has 17 heavy (non-hydrogen) atoms. The first-order valence-corrected chi connectivity index (χ1v) is 7.31. The molecule has 0 atom stereocenters. The summed E-state index contributed by atoms with van der Waals surface area (Å²) in [6, 6.07) is 8.52. The molecule has 1 aliphatic rings. The van der Waals surface area contributed by atoms with Gasteiger partial charge in [-0.1, -0.05) is 19.1 Å². The molecule has 1 saturated carbocycles. The van der Waals surface area contributed by atoms with Crippen LogP contribution in [0.3, 0.4) is 0 Å². The Labute approximate surface area is 117 Å². The highest BCUT2D eigenvalue weighted by atomic mass is 127. The van der Waals surface area contributed by atoms with Crippen molar-refractivity contribution in [2.24, 2.45) is 0 Å². The summed E-state index contributed by atoms with van der Waals surface area (Å²) in [5.41, 5.74) is 0.840. The third-order valence-electron chi connectivity index (χ3n) is 3.09. The number of ketones is 1. The van der Waals surface area contributed by atoms with E-state index in [2.05, 4.69) is 34.4 Å². The monoisotopic (exact) mass is 343 g/mol. The van der Waals surface area contributed by atoms with Gasteiger partial charge in [-0.15, -0.1) is 0 Å². The van der Waals surface area contributed by atoms with Crippen molar-refractivity contribution < 1.29 is 4.79 Å². The van der Waals surface area contributed by atoms with Gasteiger partial charge in [0.2, 0.25) is 0 Å². The van der Waals surface area contributed by atoms with E-state index in [0.29, 0.717) is 12.6 Å². The van der Waals surface area contributed by atoms with Gasteiger partial charge in [-0.05, 0) is 60.5 Å². The zero-order valence-electron chi connectivity index (χ0n) is 10.2. The summed E-state index contributed by atoms with van der Waals surface area (Å²) >= 11 is 2.26. The van der Waals surface area contributed by atoms with Crippen LogP contribution in [0.4, 0.5) is 0 Å². The Morgan fingerprint density at radius 1 is 1.35 bits per heavy atom. The summed E-state index contributed by atoms with van der Waals surface area (Å²) in [6.07, 6.45) is 3.65. The van der Waals surface area contributed by atoms with E-state index in [9.17, 15) is 4.79 Å². The zero-order chi connectivity index (χ0) is 12.3. The molecule has 0 aromatic heterocycles. The average molecular weight is 343 g/mol. The minimum Gasteiger partial charge on any atom is -0.293 e. The second-order valence-corrected chi connectivity index (χ2v) is 5.88. The highest BCUT2D eigenvalue weighted by Crippen LogP contribution is 2.27. The Balaban J connectivity index is 1.97. The highest BCUT2D eigenvalue weighted by molar-refractivity contribution is 14.1. The molecule has 0 aliphatic heterocycles. The Kier molecular flexibility index (Phi) is 4.56. The topological polar surface area (TPSA) is 20.3 Å². The normalized spacial score (nSPS) is 15.2. The summed E-state index contributed by atoms with van der Waals surface area (Å²) in [6.45, 7) is 3.80. The number of hydrogen-bond donors (Lipinski definition) is 0. The van der Waals surface area contributed by atoms with Crippen LogP contribution in [0.25, 0.3) is 0 Å². The summed E-state index contributed by atoms with van der Waals surface area (Å²) in [5.74, 6) is 0.252. The van der Waals surface area contributed by atoms with Crippen LogP contribution >= 0.6 is 22.6 Å². The molecule has 1 aromatic rings. The Morgan fingerprint density at radius 2 is 2.00 bits per heavy atom. The lowest BCUT2D eigenvalue weighted by Crippen LogP contribution is -2.32. The van der Waals surface area contributed by atoms with Crippen LogP contribution in [-0.2, 0) is 0 Å². The Morgan fingerprint density at radius 3 is 2.53 bits per heavy atom. The van der Waals surface area contributed by atoms with Crippen molar-refractivity contribution >= 4 is 28.4 Å². The van der Waals surface area contributed by atoms with Crippen LogP contribution in [0.1, 0.15) is 36.5 Å². The maximum atomic E-state index is 12.1. The molecule has 0 unspecified atom stereocenters. The van der Waals surface area contributed by atoms with Gasteiger partial charge in [0.05, 0.1) is 6.54 Å². The van der Waals surface area contributed by atoms with Gasteiger partial charge in [-0.3, -0.25) is 9.69 Å². The van der Waals surface area contributed by atoms with Crippen LogP contribution in [0.5, 0.6) is 0 Å². The summed E-state index contributed by atoms with van der Waals surface area (Å²) in [7, 11) is 0. The maximum absolute atomic E-state index is 12.1. The summed E-state index contributed by atoms with van der Waals surface area (Å²) in [4.78, 5) is 14.5. The van der Waals surface area contributed by atoms with Crippen molar-refractivity contribution in [1.29, 1.82) is 0 Å². The van der Waals surface area contributed by atoms with Crippen molar-refractivity contribution in [1.82, 2.24) is 4.90 Å². The predicted octanol–water partition coefficient (Wildman–Crippen LogP) is 3.35. The van der Waals surface area contributed by atoms with Crippen LogP contribution in [0.15, 0.2) is 24.3 Å². The van der Waals surface area contributed by atoms with Gasteiger partial charge in [0.1, 0.15) is 0 Å². The number of Topliss-reactive ketones (excluding diaryl/α,β-unsaturated/α-hetero) is 1. The lowest BCUT2D eigenvalue weighted by atomic mass is 10.1. The molecule has 92 valence electrons. The van der Waals surface area contributed by atoms with Gasteiger partial charge in [0, 0.05) is 15.2 Å². The van der Waals surface area contributed by atoms with E-state index >= 15 is 0 Å².